The summed E-state index contributed by atoms with van der Waals surface area (Å²) in [5.74, 6) is -0.374. The van der Waals surface area contributed by atoms with E-state index in [1.165, 1.54) is 0 Å². The van der Waals surface area contributed by atoms with E-state index in [-0.39, 0.29) is 13.0 Å². The molecule has 2 aromatic rings. The number of rotatable bonds is 8. The predicted molar refractivity (Wildman–Crippen MR) is 119 cm³/mol. The fourth-order valence-electron chi connectivity index (χ4n) is 3.98. The van der Waals surface area contributed by atoms with Gasteiger partial charge in [0.2, 0.25) is 0 Å². The van der Waals surface area contributed by atoms with Gasteiger partial charge in [0, 0.05) is 18.7 Å². The predicted octanol–water partition coefficient (Wildman–Crippen LogP) is 3.31. The van der Waals surface area contributed by atoms with Crippen LogP contribution < -0.4 is 14.4 Å². The van der Waals surface area contributed by atoms with Gasteiger partial charge in [0.15, 0.2) is 11.5 Å². The van der Waals surface area contributed by atoms with Gasteiger partial charge in [0.05, 0.1) is 26.9 Å². The van der Waals surface area contributed by atoms with Crippen LogP contribution in [0.2, 0.25) is 0 Å². The smallest absolute Gasteiger partial charge is 0.441 e. The molecule has 0 saturated heterocycles. The molecule has 8 heteroatoms. The van der Waals surface area contributed by atoms with Crippen LogP contribution in [0.1, 0.15) is 36.1 Å². The quantitative estimate of drug-likeness (QED) is 0.206. The maximum Gasteiger partial charge on any atom is 0.441 e. The zero-order valence-electron chi connectivity index (χ0n) is 18.8. The molecule has 1 unspecified atom stereocenters. The summed E-state index contributed by atoms with van der Waals surface area (Å²) in [6.45, 7) is 4.36. The van der Waals surface area contributed by atoms with Crippen molar-refractivity contribution in [1.82, 2.24) is 0 Å². The highest BCUT2D eigenvalue weighted by Crippen LogP contribution is 2.41. The first-order valence-corrected chi connectivity index (χ1v) is 10.4. The average Bonchev–Trinajstić information content (AvgIpc) is 2.79. The number of esters is 1. The van der Waals surface area contributed by atoms with Gasteiger partial charge in [-0.3, -0.25) is 4.79 Å². The number of carbonyl (C=O) groups is 2. The lowest BCUT2D eigenvalue weighted by Crippen LogP contribution is -2.39. The fourth-order valence-corrected chi connectivity index (χ4v) is 3.98. The molecule has 3 rings (SSSR count). The van der Waals surface area contributed by atoms with Crippen LogP contribution in [0.5, 0.6) is 11.5 Å². The number of methoxy groups -OCH3 is 2. The molecule has 2 aromatic carbocycles. The molecule has 32 heavy (non-hydrogen) atoms. The largest absolute Gasteiger partial charge is 0.493 e. The molecule has 0 amide bonds. The molecule has 168 valence electrons. The molecule has 0 spiro atoms. The van der Waals surface area contributed by atoms with Gasteiger partial charge in [-0.1, -0.05) is 17.7 Å². The molecular weight excluding hydrogens is 410 g/mol. The highest BCUT2D eigenvalue weighted by atomic mass is 16.5. The molecule has 1 heterocycles. The number of fused-ring (bicyclic) bond motifs is 1. The van der Waals surface area contributed by atoms with E-state index in [1.807, 2.05) is 43.3 Å². The Morgan fingerprint density at radius 1 is 1.12 bits per heavy atom. The normalized spacial score (nSPS) is 14.8. The topological polar surface area (TPSA) is 101 Å². The Hall–Kier alpha value is -3.64. The summed E-state index contributed by atoms with van der Waals surface area (Å²) < 4.78 is 15.8. The van der Waals surface area contributed by atoms with Crippen LogP contribution >= 0.6 is 0 Å². The minimum atomic E-state index is -0.940. The second-order valence-corrected chi connectivity index (χ2v) is 7.50. The first-order chi connectivity index (χ1) is 15.4. The van der Waals surface area contributed by atoms with Gasteiger partial charge in [0.25, 0.3) is 5.78 Å². The molecule has 0 radical (unpaired) electrons. The third-order valence-corrected chi connectivity index (χ3v) is 5.58. The number of aryl methyl sites for hydroxylation is 1. The number of ketones is 1. The van der Waals surface area contributed by atoms with Crippen molar-refractivity contribution >= 4 is 23.2 Å². The highest BCUT2D eigenvalue weighted by molar-refractivity contribution is 6.62. The van der Waals surface area contributed by atoms with E-state index in [0.717, 1.165) is 28.8 Å². The highest BCUT2D eigenvalue weighted by Gasteiger charge is 2.37. The van der Waals surface area contributed by atoms with Crippen molar-refractivity contribution in [3.8, 4) is 11.5 Å². The van der Waals surface area contributed by atoms with E-state index < -0.39 is 23.5 Å². The SMILES string of the molecule is CCOC(=O)C(=[N+]=[N-])C(=O)CC1c2cc(OC)c(OC)cc2CCN1c1ccc(C)cc1. The Bertz CT molecular complexity index is 1060. The van der Waals surface area contributed by atoms with Crippen molar-refractivity contribution in [2.75, 3.05) is 32.3 Å². The Morgan fingerprint density at radius 2 is 1.78 bits per heavy atom. The van der Waals surface area contributed by atoms with Crippen molar-refractivity contribution in [2.45, 2.75) is 32.7 Å². The van der Waals surface area contributed by atoms with Crippen molar-refractivity contribution in [1.29, 1.82) is 0 Å². The number of ether oxygens (including phenoxy) is 3. The minimum absolute atomic E-state index is 0.0733. The molecule has 0 saturated carbocycles. The summed E-state index contributed by atoms with van der Waals surface area (Å²) in [5.41, 5.74) is 12.7. The second kappa shape index (κ2) is 10.1. The van der Waals surface area contributed by atoms with E-state index in [1.54, 1.807) is 21.1 Å². The molecule has 1 atom stereocenters. The van der Waals surface area contributed by atoms with Gasteiger partial charge in [-0.05, 0) is 55.7 Å². The summed E-state index contributed by atoms with van der Waals surface area (Å²) in [5, 5.41) is 0. The first-order valence-electron chi connectivity index (χ1n) is 10.4. The van der Waals surface area contributed by atoms with E-state index in [2.05, 4.69) is 9.69 Å². The van der Waals surface area contributed by atoms with Crippen molar-refractivity contribution in [3.05, 3.63) is 58.6 Å². The van der Waals surface area contributed by atoms with E-state index >= 15 is 0 Å². The first kappa shape index (κ1) is 23.0. The van der Waals surface area contributed by atoms with Crippen LogP contribution in [0.3, 0.4) is 0 Å². The van der Waals surface area contributed by atoms with Crippen LogP contribution in [0, 0.1) is 6.92 Å². The van der Waals surface area contributed by atoms with Crippen LogP contribution in [0.4, 0.5) is 5.69 Å². The molecule has 0 N–H and O–H groups in total. The van der Waals surface area contributed by atoms with Gasteiger partial charge in [-0.25, -0.2) is 4.79 Å². The van der Waals surface area contributed by atoms with Gasteiger partial charge in [-0.15, -0.1) is 0 Å². The Kier molecular flexibility index (Phi) is 7.28. The third-order valence-electron chi connectivity index (χ3n) is 5.58. The molecule has 0 fully saturated rings. The second-order valence-electron chi connectivity index (χ2n) is 7.50. The number of benzene rings is 2. The number of anilines is 1. The van der Waals surface area contributed by atoms with Crippen LogP contribution in [0.25, 0.3) is 5.53 Å². The van der Waals surface area contributed by atoms with E-state index in [4.69, 9.17) is 14.2 Å². The number of hydrogen-bond acceptors (Lipinski definition) is 6. The third kappa shape index (κ3) is 4.65. The molecule has 1 aliphatic heterocycles. The Morgan fingerprint density at radius 3 is 2.38 bits per heavy atom. The van der Waals surface area contributed by atoms with Crippen LogP contribution in [-0.2, 0) is 20.7 Å². The summed E-state index contributed by atoms with van der Waals surface area (Å²) in [7, 11) is 3.14. The van der Waals surface area contributed by atoms with Crippen LogP contribution in [0.15, 0.2) is 36.4 Å². The molecular formula is C24H27N3O5. The van der Waals surface area contributed by atoms with Gasteiger partial charge < -0.3 is 24.6 Å². The van der Waals surface area contributed by atoms with Crippen molar-refractivity contribution in [2.24, 2.45) is 0 Å². The lowest BCUT2D eigenvalue weighted by Gasteiger charge is -2.39. The van der Waals surface area contributed by atoms with Gasteiger partial charge in [0.1, 0.15) is 0 Å². The van der Waals surface area contributed by atoms with Gasteiger partial charge >= 0.3 is 11.7 Å². The molecule has 1 aliphatic rings. The lowest BCUT2D eigenvalue weighted by molar-refractivity contribution is -0.141. The Balaban J connectivity index is 2.05. The zero-order valence-corrected chi connectivity index (χ0v) is 18.8. The van der Waals surface area contributed by atoms with Crippen LogP contribution in [-0.4, -0.2) is 49.6 Å². The monoisotopic (exact) mass is 437 g/mol. The molecule has 0 bridgehead atoms. The number of Topliss-reactive ketones (excluding diaryl/α,β-unsaturated/α-hetero) is 1. The summed E-state index contributed by atoms with van der Waals surface area (Å²) >= 11 is 0. The maximum absolute atomic E-state index is 13.0. The lowest BCUT2D eigenvalue weighted by atomic mass is 9.88. The summed E-state index contributed by atoms with van der Waals surface area (Å²) in [4.78, 5) is 30.1. The summed E-state index contributed by atoms with van der Waals surface area (Å²) in [6.07, 6.45) is 0.668. The maximum atomic E-state index is 13.0. The zero-order chi connectivity index (χ0) is 23.3. The number of hydrogen-bond donors (Lipinski definition) is 0. The molecule has 8 nitrogen and oxygen atoms in total. The molecule has 0 aromatic heterocycles. The van der Waals surface area contributed by atoms with Crippen molar-refractivity contribution < 1.29 is 28.6 Å². The fraction of sp³-hybridized carbons (Fsp3) is 0.375. The summed E-state index contributed by atoms with van der Waals surface area (Å²) in [6, 6.07) is 11.4. The van der Waals surface area contributed by atoms with E-state index in [0.29, 0.717) is 18.0 Å². The number of nitrogens with zero attached hydrogens (tertiary/aromatic N) is 3. The molecule has 0 aliphatic carbocycles. The van der Waals surface area contributed by atoms with E-state index in [9.17, 15) is 15.1 Å². The average molecular weight is 437 g/mol. The Labute approximate surface area is 187 Å². The minimum Gasteiger partial charge on any atom is -0.493 e. The standard InChI is InChI=1S/C24H27N3O5/c1-5-32-24(29)23(26-25)20(28)14-19-18-13-22(31-4)21(30-3)12-16(18)10-11-27(19)17-8-6-15(2)7-9-17/h6-9,12-13,19H,5,10-11,14H2,1-4H3. The number of carbonyl (C=O) groups excluding carboxylic acids is 2. The van der Waals surface area contributed by atoms with Gasteiger partial charge in [-0.2, -0.15) is 4.79 Å². The van der Waals surface area contributed by atoms with Crippen molar-refractivity contribution in [3.63, 3.8) is 0 Å².